The Bertz CT molecular complexity index is 338. The monoisotopic (exact) mass is 232 g/mol. The van der Waals surface area contributed by atoms with Gasteiger partial charge in [0.05, 0.1) is 0 Å². The van der Waals surface area contributed by atoms with Crippen molar-refractivity contribution < 1.29 is 0 Å². The Morgan fingerprint density at radius 2 is 1.71 bits per heavy atom. The van der Waals surface area contributed by atoms with Gasteiger partial charge in [-0.3, -0.25) is 4.90 Å². The van der Waals surface area contributed by atoms with Gasteiger partial charge in [-0.25, -0.2) is 0 Å². The molecule has 1 fully saturated rings. The van der Waals surface area contributed by atoms with Gasteiger partial charge in [-0.15, -0.1) is 0 Å². The normalized spacial score (nSPS) is 20.4. The van der Waals surface area contributed by atoms with E-state index in [9.17, 15) is 0 Å². The van der Waals surface area contributed by atoms with Gasteiger partial charge in [0.15, 0.2) is 0 Å². The predicted octanol–water partition coefficient (Wildman–Crippen LogP) is 2.74. The number of nitrogens with zero attached hydrogens (tertiary/aromatic N) is 1. The second-order valence-electron chi connectivity index (χ2n) is 5.16. The lowest BCUT2D eigenvalue weighted by atomic mass is 9.98. The molecular weight excluding hydrogens is 208 g/mol. The lowest BCUT2D eigenvalue weighted by Crippen LogP contribution is -2.40. The molecule has 0 aliphatic carbocycles. The van der Waals surface area contributed by atoms with Crippen LogP contribution in [-0.4, -0.2) is 31.1 Å². The van der Waals surface area contributed by atoms with Gasteiger partial charge in [-0.05, 0) is 52.4 Å². The summed E-state index contributed by atoms with van der Waals surface area (Å²) in [6.45, 7) is 6.99. The maximum atomic E-state index is 3.47. The van der Waals surface area contributed by atoms with Gasteiger partial charge in [-0.2, -0.15) is 0 Å². The molecule has 2 heteroatoms. The zero-order valence-electron chi connectivity index (χ0n) is 11.2. The summed E-state index contributed by atoms with van der Waals surface area (Å²) < 4.78 is 0. The van der Waals surface area contributed by atoms with Gasteiger partial charge in [0.25, 0.3) is 0 Å². The van der Waals surface area contributed by atoms with Crippen molar-refractivity contribution in [2.75, 3.05) is 20.1 Å². The first-order valence-electron chi connectivity index (χ1n) is 6.70. The van der Waals surface area contributed by atoms with Gasteiger partial charge >= 0.3 is 0 Å². The first kappa shape index (κ1) is 12.6. The fourth-order valence-corrected chi connectivity index (χ4v) is 2.82. The van der Waals surface area contributed by atoms with Crippen LogP contribution in [0.2, 0.25) is 0 Å². The highest BCUT2D eigenvalue weighted by Crippen LogP contribution is 2.24. The lowest BCUT2D eigenvalue weighted by molar-refractivity contribution is 0.212. The number of likely N-dealkylation sites (N-methyl/N-ethyl adjacent to an activating group) is 1. The minimum atomic E-state index is 0.439. The van der Waals surface area contributed by atoms with E-state index in [0.29, 0.717) is 12.1 Å². The first-order chi connectivity index (χ1) is 8.22. The van der Waals surface area contributed by atoms with E-state index in [1.54, 1.807) is 0 Å². The summed E-state index contributed by atoms with van der Waals surface area (Å²) >= 11 is 0. The van der Waals surface area contributed by atoms with E-state index in [2.05, 4.69) is 55.4 Å². The summed E-state index contributed by atoms with van der Waals surface area (Å²) in [6, 6.07) is 9.93. The van der Waals surface area contributed by atoms with Crippen molar-refractivity contribution in [2.45, 2.75) is 38.8 Å². The second kappa shape index (κ2) is 5.65. The van der Waals surface area contributed by atoms with E-state index < -0.39 is 0 Å². The van der Waals surface area contributed by atoms with E-state index in [1.807, 2.05) is 0 Å². The van der Waals surface area contributed by atoms with Crippen molar-refractivity contribution in [3.8, 4) is 0 Å². The summed E-state index contributed by atoms with van der Waals surface area (Å²) in [6.07, 6.45) is 2.71. The summed E-state index contributed by atoms with van der Waals surface area (Å²) in [7, 11) is 2.07. The number of aryl methyl sites for hydroxylation is 1. The summed E-state index contributed by atoms with van der Waals surface area (Å²) in [5.41, 5.74) is 2.73. The molecule has 0 bridgehead atoms. The van der Waals surface area contributed by atoms with Gasteiger partial charge in [0.1, 0.15) is 0 Å². The first-order valence-corrected chi connectivity index (χ1v) is 6.70. The topological polar surface area (TPSA) is 15.3 Å². The highest BCUT2D eigenvalue weighted by Gasteiger charge is 2.25. The van der Waals surface area contributed by atoms with Crippen LogP contribution in [0.25, 0.3) is 0 Å². The van der Waals surface area contributed by atoms with E-state index >= 15 is 0 Å². The third-order valence-electron chi connectivity index (χ3n) is 3.95. The highest BCUT2D eigenvalue weighted by atomic mass is 15.2. The molecule has 17 heavy (non-hydrogen) atoms. The van der Waals surface area contributed by atoms with E-state index in [0.717, 1.165) is 0 Å². The Morgan fingerprint density at radius 1 is 1.12 bits per heavy atom. The Morgan fingerprint density at radius 3 is 2.24 bits per heavy atom. The Balaban J connectivity index is 2.11. The molecule has 0 amide bonds. The molecule has 1 aliphatic heterocycles. The van der Waals surface area contributed by atoms with Crippen molar-refractivity contribution in [2.24, 2.45) is 0 Å². The van der Waals surface area contributed by atoms with Gasteiger partial charge in [0, 0.05) is 12.1 Å². The maximum Gasteiger partial charge on any atom is 0.0473 e. The molecule has 2 unspecified atom stereocenters. The fourth-order valence-electron chi connectivity index (χ4n) is 2.82. The maximum absolute atomic E-state index is 3.47. The average Bonchev–Trinajstić information content (AvgIpc) is 2.86. The molecule has 1 saturated heterocycles. The SMILES string of the molecule is CNC(c1ccc(C)cc1)C(C)N1CCCC1. The predicted molar refractivity (Wildman–Crippen MR) is 73.2 cm³/mol. The molecule has 2 rings (SSSR count). The van der Waals surface area contributed by atoms with E-state index in [4.69, 9.17) is 0 Å². The minimum Gasteiger partial charge on any atom is -0.312 e. The van der Waals surface area contributed by atoms with Gasteiger partial charge < -0.3 is 5.32 Å². The average molecular weight is 232 g/mol. The second-order valence-corrected chi connectivity index (χ2v) is 5.16. The van der Waals surface area contributed by atoms with Crippen LogP contribution >= 0.6 is 0 Å². The Hall–Kier alpha value is -0.860. The fraction of sp³-hybridized carbons (Fsp3) is 0.600. The van der Waals surface area contributed by atoms with Crippen LogP contribution in [0.1, 0.15) is 36.9 Å². The van der Waals surface area contributed by atoms with Gasteiger partial charge in [0.2, 0.25) is 0 Å². The number of nitrogens with one attached hydrogen (secondary N) is 1. The zero-order chi connectivity index (χ0) is 12.3. The molecule has 2 nitrogen and oxygen atoms in total. The van der Waals surface area contributed by atoms with Crippen LogP contribution in [-0.2, 0) is 0 Å². The van der Waals surface area contributed by atoms with Crippen LogP contribution in [0.15, 0.2) is 24.3 Å². The molecule has 1 aromatic rings. The van der Waals surface area contributed by atoms with Crippen molar-refractivity contribution in [3.05, 3.63) is 35.4 Å². The summed E-state index contributed by atoms with van der Waals surface area (Å²) in [5.74, 6) is 0. The molecule has 0 radical (unpaired) electrons. The van der Waals surface area contributed by atoms with Gasteiger partial charge in [-0.1, -0.05) is 29.8 Å². The molecule has 1 aliphatic rings. The number of hydrogen-bond acceptors (Lipinski definition) is 2. The lowest BCUT2D eigenvalue weighted by Gasteiger charge is -2.31. The highest BCUT2D eigenvalue weighted by molar-refractivity contribution is 5.25. The zero-order valence-corrected chi connectivity index (χ0v) is 11.2. The molecule has 2 atom stereocenters. The summed E-state index contributed by atoms with van der Waals surface area (Å²) in [4.78, 5) is 2.60. The van der Waals surface area contributed by atoms with Crippen LogP contribution in [0, 0.1) is 6.92 Å². The van der Waals surface area contributed by atoms with Crippen LogP contribution < -0.4 is 5.32 Å². The van der Waals surface area contributed by atoms with Crippen molar-refractivity contribution in [1.29, 1.82) is 0 Å². The molecule has 1 heterocycles. The van der Waals surface area contributed by atoms with Crippen molar-refractivity contribution in [1.82, 2.24) is 10.2 Å². The Labute approximate surface area is 105 Å². The largest absolute Gasteiger partial charge is 0.312 e. The standard InChI is InChI=1S/C15H24N2/c1-12-6-8-14(9-7-12)15(16-3)13(2)17-10-4-5-11-17/h6-9,13,15-16H,4-5,10-11H2,1-3H3. The smallest absolute Gasteiger partial charge is 0.0473 e. The van der Waals surface area contributed by atoms with Crippen LogP contribution in [0.3, 0.4) is 0 Å². The summed E-state index contributed by atoms with van der Waals surface area (Å²) in [5, 5.41) is 3.47. The molecule has 0 spiro atoms. The number of likely N-dealkylation sites (tertiary alicyclic amines) is 1. The molecule has 94 valence electrons. The van der Waals surface area contributed by atoms with Crippen molar-refractivity contribution >= 4 is 0 Å². The third-order valence-corrected chi connectivity index (χ3v) is 3.95. The molecule has 0 aromatic heterocycles. The molecule has 0 saturated carbocycles. The Kier molecular flexibility index (Phi) is 4.19. The molecule has 1 N–H and O–H groups in total. The van der Waals surface area contributed by atoms with Crippen molar-refractivity contribution in [3.63, 3.8) is 0 Å². The molecular formula is C15H24N2. The number of benzene rings is 1. The quantitative estimate of drug-likeness (QED) is 0.858. The van der Waals surface area contributed by atoms with Crippen LogP contribution in [0.5, 0.6) is 0 Å². The van der Waals surface area contributed by atoms with E-state index in [-0.39, 0.29) is 0 Å². The number of rotatable bonds is 4. The van der Waals surface area contributed by atoms with E-state index in [1.165, 1.54) is 37.1 Å². The third kappa shape index (κ3) is 2.88. The minimum absolute atomic E-state index is 0.439. The van der Waals surface area contributed by atoms with Crippen LogP contribution in [0.4, 0.5) is 0 Å². The number of hydrogen-bond donors (Lipinski definition) is 1. The molecule has 1 aromatic carbocycles.